The maximum atomic E-state index is 14.9. The minimum absolute atomic E-state index is 0.0598. The fourth-order valence-corrected chi connectivity index (χ4v) is 6.64. The van der Waals surface area contributed by atoms with Crippen molar-refractivity contribution in [2.45, 2.75) is 69.7 Å². The SMILES string of the molecule is CC(C)(C)OC(=O)NC(Cc1ccc(F)cc1)C(=O)N1CC(Cc2ccc3ccccc3c2)NC(=O)C1C(Cc1ccccc1)c1c[nH]cn1. The predicted octanol–water partition coefficient (Wildman–Crippen LogP) is 6.10. The molecule has 6 rings (SSSR count). The molecule has 1 aromatic heterocycles. The molecule has 258 valence electrons. The monoisotopic (exact) mass is 675 g/mol. The van der Waals surface area contributed by atoms with Crippen LogP contribution < -0.4 is 10.6 Å². The lowest BCUT2D eigenvalue weighted by molar-refractivity contribution is -0.147. The van der Waals surface area contributed by atoms with Crippen LogP contribution in [0.5, 0.6) is 0 Å². The number of amides is 3. The van der Waals surface area contributed by atoms with Crippen LogP contribution in [0.3, 0.4) is 0 Å². The van der Waals surface area contributed by atoms with Gasteiger partial charge in [0, 0.05) is 25.1 Å². The third-order valence-electron chi connectivity index (χ3n) is 8.87. The second-order valence-electron chi connectivity index (χ2n) is 13.8. The van der Waals surface area contributed by atoms with E-state index in [1.807, 2.05) is 60.7 Å². The summed E-state index contributed by atoms with van der Waals surface area (Å²) in [6.07, 6.45) is 3.52. The van der Waals surface area contributed by atoms with Crippen LogP contribution in [-0.4, -0.2) is 63.0 Å². The van der Waals surface area contributed by atoms with Gasteiger partial charge in [0.25, 0.3) is 0 Å². The fourth-order valence-electron chi connectivity index (χ4n) is 6.64. The Morgan fingerprint density at radius 2 is 1.60 bits per heavy atom. The third kappa shape index (κ3) is 8.55. The summed E-state index contributed by atoms with van der Waals surface area (Å²) in [6, 6.07) is 27.3. The Bertz CT molecular complexity index is 1930. The standard InChI is InChI=1S/C40H42FN5O4/c1-40(2,3)50-39(49)45-34(22-27-14-17-31(41)18-15-27)38(48)46-24-32(20-28-13-16-29-11-7-8-12-30(29)19-28)44-37(47)36(46)33(35-23-42-25-43-35)21-26-9-5-4-6-10-26/h4-19,23,25,32-34,36H,20-22,24H2,1-3H3,(H,42,43)(H,44,47)(H,45,49). The Labute approximate surface area is 291 Å². The summed E-state index contributed by atoms with van der Waals surface area (Å²) in [6.45, 7) is 5.41. The van der Waals surface area contributed by atoms with Gasteiger partial charge in [-0.1, -0.05) is 84.9 Å². The third-order valence-corrected chi connectivity index (χ3v) is 8.87. The van der Waals surface area contributed by atoms with E-state index in [0.717, 1.165) is 21.9 Å². The number of H-pyrrole nitrogens is 1. The Hall–Kier alpha value is -5.51. The number of nitrogens with zero attached hydrogens (tertiary/aromatic N) is 2. The van der Waals surface area contributed by atoms with Crippen LogP contribution in [0, 0.1) is 5.82 Å². The van der Waals surface area contributed by atoms with Crippen molar-refractivity contribution in [2.24, 2.45) is 0 Å². The molecule has 4 unspecified atom stereocenters. The molecule has 1 saturated heterocycles. The highest BCUT2D eigenvalue weighted by Gasteiger charge is 2.45. The zero-order valence-corrected chi connectivity index (χ0v) is 28.4. The highest BCUT2D eigenvalue weighted by Crippen LogP contribution is 2.31. The highest BCUT2D eigenvalue weighted by atomic mass is 19.1. The number of carbonyl (C=O) groups is 3. The molecule has 10 heteroatoms. The molecule has 5 aromatic rings. The Morgan fingerprint density at radius 3 is 2.30 bits per heavy atom. The summed E-state index contributed by atoms with van der Waals surface area (Å²) in [5, 5.41) is 8.19. The van der Waals surface area contributed by atoms with Crippen molar-refractivity contribution >= 4 is 28.7 Å². The maximum Gasteiger partial charge on any atom is 0.408 e. The van der Waals surface area contributed by atoms with E-state index in [4.69, 9.17) is 4.74 Å². The molecule has 0 bridgehead atoms. The van der Waals surface area contributed by atoms with Crippen LogP contribution in [-0.2, 0) is 33.6 Å². The summed E-state index contributed by atoms with van der Waals surface area (Å²) in [7, 11) is 0. The first-order valence-electron chi connectivity index (χ1n) is 16.9. The van der Waals surface area contributed by atoms with Gasteiger partial charge in [0.15, 0.2) is 0 Å². The maximum absolute atomic E-state index is 14.9. The molecule has 1 aliphatic rings. The van der Waals surface area contributed by atoms with E-state index in [9.17, 15) is 18.8 Å². The minimum Gasteiger partial charge on any atom is -0.444 e. The number of benzene rings is 4. The molecule has 1 aliphatic heterocycles. The topological polar surface area (TPSA) is 116 Å². The number of carbonyl (C=O) groups excluding carboxylic acids is 3. The van der Waals surface area contributed by atoms with E-state index in [0.29, 0.717) is 24.1 Å². The van der Waals surface area contributed by atoms with Crippen molar-refractivity contribution in [3.63, 3.8) is 0 Å². The minimum atomic E-state index is -1.11. The van der Waals surface area contributed by atoms with Gasteiger partial charge in [-0.05, 0) is 73.2 Å². The van der Waals surface area contributed by atoms with E-state index in [1.54, 1.807) is 50.3 Å². The van der Waals surface area contributed by atoms with Gasteiger partial charge >= 0.3 is 6.09 Å². The molecule has 4 aromatic carbocycles. The van der Waals surface area contributed by atoms with E-state index in [1.165, 1.54) is 12.1 Å². The van der Waals surface area contributed by atoms with Crippen LogP contribution in [0.4, 0.5) is 9.18 Å². The number of alkyl carbamates (subject to hydrolysis) is 1. The van der Waals surface area contributed by atoms with Crippen molar-refractivity contribution in [1.29, 1.82) is 0 Å². The molecule has 0 aliphatic carbocycles. The van der Waals surface area contributed by atoms with Gasteiger partial charge in [-0.3, -0.25) is 9.59 Å². The molecule has 4 atom stereocenters. The summed E-state index contributed by atoms with van der Waals surface area (Å²) in [4.78, 5) is 51.6. The highest BCUT2D eigenvalue weighted by molar-refractivity contribution is 5.93. The summed E-state index contributed by atoms with van der Waals surface area (Å²) in [5.74, 6) is -1.68. The number of imidazole rings is 1. The molecular weight excluding hydrogens is 633 g/mol. The molecule has 1 fully saturated rings. The number of hydrogen-bond donors (Lipinski definition) is 3. The summed E-state index contributed by atoms with van der Waals surface area (Å²) < 4.78 is 19.4. The second kappa shape index (κ2) is 14.9. The molecular formula is C40H42FN5O4. The summed E-state index contributed by atoms with van der Waals surface area (Å²) in [5.41, 5.74) is 2.46. The van der Waals surface area contributed by atoms with E-state index < -0.39 is 47.5 Å². The lowest BCUT2D eigenvalue weighted by Gasteiger charge is -2.44. The lowest BCUT2D eigenvalue weighted by atomic mass is 9.85. The lowest BCUT2D eigenvalue weighted by Crippen LogP contribution is -2.66. The smallest absolute Gasteiger partial charge is 0.408 e. The summed E-state index contributed by atoms with van der Waals surface area (Å²) >= 11 is 0. The molecule has 3 amide bonds. The van der Waals surface area contributed by atoms with Crippen molar-refractivity contribution in [3.05, 3.63) is 138 Å². The van der Waals surface area contributed by atoms with Crippen molar-refractivity contribution in [3.8, 4) is 0 Å². The van der Waals surface area contributed by atoms with Crippen LogP contribution in [0.15, 0.2) is 110 Å². The number of nitrogens with one attached hydrogen (secondary N) is 3. The number of piperazine rings is 1. The largest absolute Gasteiger partial charge is 0.444 e. The quantitative estimate of drug-likeness (QED) is 0.165. The molecule has 50 heavy (non-hydrogen) atoms. The van der Waals surface area contributed by atoms with Crippen LogP contribution >= 0.6 is 0 Å². The average molecular weight is 676 g/mol. The van der Waals surface area contributed by atoms with Crippen LogP contribution in [0.1, 0.15) is 49.1 Å². The van der Waals surface area contributed by atoms with E-state index in [2.05, 4.69) is 32.7 Å². The van der Waals surface area contributed by atoms with Crippen molar-refractivity contribution in [1.82, 2.24) is 25.5 Å². The second-order valence-corrected chi connectivity index (χ2v) is 13.8. The number of aromatic nitrogens is 2. The molecule has 2 heterocycles. The number of rotatable bonds is 10. The first kappa shape index (κ1) is 34.4. The number of aromatic amines is 1. The molecule has 0 saturated carbocycles. The zero-order valence-electron chi connectivity index (χ0n) is 28.4. The first-order valence-corrected chi connectivity index (χ1v) is 16.9. The molecule has 0 radical (unpaired) electrons. The van der Waals surface area contributed by atoms with Gasteiger partial charge in [0.1, 0.15) is 23.5 Å². The van der Waals surface area contributed by atoms with E-state index >= 15 is 0 Å². The zero-order chi connectivity index (χ0) is 35.3. The normalized spacial score (nSPS) is 17.5. The van der Waals surface area contributed by atoms with Gasteiger partial charge in [-0.15, -0.1) is 0 Å². The van der Waals surface area contributed by atoms with Crippen LogP contribution in [0.25, 0.3) is 10.8 Å². The number of fused-ring (bicyclic) bond motifs is 1. The number of hydrogen-bond acceptors (Lipinski definition) is 5. The first-order chi connectivity index (χ1) is 24.0. The van der Waals surface area contributed by atoms with Gasteiger partial charge in [-0.2, -0.15) is 0 Å². The predicted molar refractivity (Wildman–Crippen MR) is 190 cm³/mol. The molecule has 0 spiro atoms. The van der Waals surface area contributed by atoms with Crippen LogP contribution in [0.2, 0.25) is 0 Å². The Balaban J connectivity index is 1.37. The van der Waals surface area contributed by atoms with Crippen molar-refractivity contribution in [2.75, 3.05) is 6.54 Å². The van der Waals surface area contributed by atoms with Crippen molar-refractivity contribution < 1.29 is 23.5 Å². The Kier molecular flexibility index (Phi) is 10.3. The van der Waals surface area contributed by atoms with Gasteiger partial charge < -0.3 is 25.3 Å². The number of ether oxygens (including phenoxy) is 1. The molecule has 3 N–H and O–H groups in total. The van der Waals surface area contributed by atoms with Gasteiger partial charge in [-0.25, -0.2) is 14.2 Å². The van der Waals surface area contributed by atoms with Gasteiger partial charge in [0.2, 0.25) is 11.8 Å². The number of halogens is 1. The van der Waals surface area contributed by atoms with E-state index in [-0.39, 0.29) is 18.9 Å². The fraction of sp³-hybridized carbons (Fsp3) is 0.300. The Morgan fingerprint density at radius 1 is 0.920 bits per heavy atom. The van der Waals surface area contributed by atoms with Gasteiger partial charge in [0.05, 0.1) is 18.1 Å². The average Bonchev–Trinajstić information content (AvgIpc) is 3.62. The molecule has 9 nitrogen and oxygen atoms in total.